The van der Waals surface area contributed by atoms with Crippen LogP contribution in [0.1, 0.15) is 65.0 Å². The quantitative estimate of drug-likeness (QED) is 0.249. The number of Topliss-reactive ketones (excluding diaryl/α,β-unsaturated/α-hetero) is 1. The van der Waals surface area contributed by atoms with Crippen LogP contribution in [0.15, 0.2) is 49.0 Å². The highest BCUT2D eigenvalue weighted by molar-refractivity contribution is 5.88. The molecule has 36 heavy (non-hydrogen) atoms. The van der Waals surface area contributed by atoms with E-state index in [9.17, 15) is 4.79 Å². The molecular weight excluding hydrogens is 451 g/mol. The van der Waals surface area contributed by atoms with E-state index in [1.165, 1.54) is 0 Å². The van der Waals surface area contributed by atoms with E-state index in [1.54, 1.807) is 6.07 Å². The molecule has 0 saturated heterocycles. The number of nitrogens with one attached hydrogen (secondary N) is 3. The van der Waals surface area contributed by atoms with Crippen molar-refractivity contribution in [2.45, 2.75) is 78.4 Å². The smallest absolute Gasteiger partial charge is 0.169 e. The molecule has 2 aromatic rings. The van der Waals surface area contributed by atoms with Crippen LogP contribution in [0, 0.1) is 5.82 Å². The molecule has 0 amide bonds. The number of unbranched alkanes of at least 4 members (excludes halogenated alkanes) is 2. The lowest BCUT2D eigenvalue weighted by Gasteiger charge is -2.26. The first-order valence-corrected chi connectivity index (χ1v) is 13.2. The number of nitrogens with zero attached hydrogens (tertiary/aromatic N) is 1. The zero-order valence-corrected chi connectivity index (χ0v) is 23.0. The van der Waals surface area contributed by atoms with Gasteiger partial charge in [0.05, 0.1) is 18.3 Å². The van der Waals surface area contributed by atoms with Crippen LogP contribution in [0.5, 0.6) is 0 Å². The Hall–Kier alpha value is -2.86. The number of ketones is 1. The highest BCUT2D eigenvalue weighted by Gasteiger charge is 2.23. The summed E-state index contributed by atoms with van der Waals surface area (Å²) in [5, 5.41) is 9.88. The first-order chi connectivity index (χ1) is 17.1. The highest BCUT2D eigenvalue weighted by atomic mass is 19.1. The van der Waals surface area contributed by atoms with Crippen LogP contribution in [-0.2, 0) is 11.2 Å². The van der Waals surface area contributed by atoms with E-state index in [1.807, 2.05) is 62.2 Å². The first-order valence-electron chi connectivity index (χ1n) is 13.2. The van der Waals surface area contributed by atoms with Crippen LogP contribution in [0.3, 0.4) is 0 Å². The lowest BCUT2D eigenvalue weighted by atomic mass is 10.0. The fourth-order valence-corrected chi connectivity index (χ4v) is 4.05. The molecule has 0 aliphatic carbocycles. The fourth-order valence-electron chi connectivity index (χ4n) is 4.05. The van der Waals surface area contributed by atoms with Crippen LogP contribution in [-0.4, -0.2) is 44.0 Å². The van der Waals surface area contributed by atoms with Gasteiger partial charge in [0.25, 0.3) is 0 Å². The summed E-state index contributed by atoms with van der Waals surface area (Å²) in [5.74, 6) is -0.311. The normalized spacial score (nSPS) is 12.0. The molecule has 198 valence electrons. The number of hydrogen-bond donors (Lipinski definition) is 3. The minimum absolute atomic E-state index is 0.0162. The SMILES string of the molecule is C=C(NC(Cc1ccccc1)C(=O)CNC(C)C)c1cc(NC(C)C)cc(N(C)CCCCC)c1F. The number of hydrogen-bond acceptors (Lipinski definition) is 5. The number of halogens is 1. The van der Waals surface area contributed by atoms with Gasteiger partial charge in [0.15, 0.2) is 11.6 Å². The largest absolute Gasteiger partial charge is 0.383 e. The van der Waals surface area contributed by atoms with Gasteiger partial charge in [-0.2, -0.15) is 0 Å². The Morgan fingerprint density at radius 2 is 1.75 bits per heavy atom. The number of carbonyl (C=O) groups is 1. The van der Waals surface area contributed by atoms with Crippen molar-refractivity contribution in [1.82, 2.24) is 10.6 Å². The third kappa shape index (κ3) is 9.30. The van der Waals surface area contributed by atoms with Crippen LogP contribution >= 0.6 is 0 Å². The Labute approximate surface area is 217 Å². The summed E-state index contributed by atoms with van der Waals surface area (Å²) >= 11 is 0. The highest BCUT2D eigenvalue weighted by Crippen LogP contribution is 2.30. The molecule has 0 saturated carbocycles. The molecule has 2 aromatic carbocycles. The predicted molar refractivity (Wildman–Crippen MR) is 152 cm³/mol. The average Bonchev–Trinajstić information content (AvgIpc) is 2.83. The zero-order chi connectivity index (χ0) is 26.7. The molecule has 0 spiro atoms. The van der Waals surface area contributed by atoms with Gasteiger partial charge >= 0.3 is 0 Å². The van der Waals surface area contributed by atoms with Crippen molar-refractivity contribution in [1.29, 1.82) is 0 Å². The maximum Gasteiger partial charge on any atom is 0.169 e. The molecule has 3 N–H and O–H groups in total. The fraction of sp³-hybridized carbons (Fsp3) is 0.500. The number of rotatable bonds is 16. The van der Waals surface area contributed by atoms with Crippen molar-refractivity contribution < 1.29 is 9.18 Å². The second kappa shape index (κ2) is 14.6. The molecule has 5 nitrogen and oxygen atoms in total. The van der Waals surface area contributed by atoms with E-state index in [2.05, 4.69) is 43.3 Å². The van der Waals surface area contributed by atoms with Crippen molar-refractivity contribution >= 4 is 22.9 Å². The van der Waals surface area contributed by atoms with E-state index in [-0.39, 0.29) is 30.2 Å². The van der Waals surface area contributed by atoms with Crippen molar-refractivity contribution in [2.24, 2.45) is 0 Å². The summed E-state index contributed by atoms with van der Waals surface area (Å²) in [6, 6.07) is 13.4. The van der Waals surface area contributed by atoms with Gasteiger partial charge in [-0.3, -0.25) is 4.79 Å². The third-order valence-electron chi connectivity index (χ3n) is 6.05. The zero-order valence-electron chi connectivity index (χ0n) is 23.0. The Balaban J connectivity index is 2.36. The van der Waals surface area contributed by atoms with Gasteiger partial charge in [0.2, 0.25) is 0 Å². The van der Waals surface area contributed by atoms with E-state index in [4.69, 9.17) is 0 Å². The Bertz CT molecular complexity index is 974. The van der Waals surface area contributed by atoms with Crippen molar-refractivity contribution in [2.75, 3.05) is 30.4 Å². The minimum Gasteiger partial charge on any atom is -0.383 e. The summed E-state index contributed by atoms with van der Waals surface area (Å²) in [4.78, 5) is 15.1. The van der Waals surface area contributed by atoms with Crippen LogP contribution in [0.25, 0.3) is 5.70 Å². The average molecular weight is 497 g/mol. The predicted octanol–water partition coefficient (Wildman–Crippen LogP) is 6.01. The number of anilines is 2. The molecular formula is C30H45FN4O. The van der Waals surface area contributed by atoms with Crippen LogP contribution in [0.4, 0.5) is 15.8 Å². The van der Waals surface area contributed by atoms with Gasteiger partial charge in [-0.15, -0.1) is 0 Å². The van der Waals surface area contributed by atoms with E-state index >= 15 is 4.39 Å². The molecule has 0 aliphatic rings. The molecule has 1 unspecified atom stereocenters. The Kier molecular flexibility index (Phi) is 11.9. The monoisotopic (exact) mass is 496 g/mol. The van der Waals surface area contributed by atoms with Gasteiger partial charge in [0, 0.05) is 42.6 Å². The molecule has 6 heteroatoms. The van der Waals surface area contributed by atoms with Gasteiger partial charge in [-0.1, -0.05) is 70.5 Å². The van der Waals surface area contributed by atoms with Crippen molar-refractivity contribution in [3.05, 3.63) is 66.0 Å². The molecule has 0 bridgehead atoms. The van der Waals surface area contributed by atoms with E-state index in [0.717, 1.165) is 37.1 Å². The molecule has 1 atom stereocenters. The summed E-state index contributed by atoms with van der Waals surface area (Å²) < 4.78 is 15.9. The standard InChI is InChI=1S/C30H45FN4O/c1-8-9-13-16-35(7)28-19-25(33-22(4)5)18-26(30(28)31)23(6)34-27(29(36)20-32-21(2)3)17-24-14-11-10-12-15-24/h10-12,14-15,18-19,21-22,27,32-34H,6,8-9,13,16-17,20H2,1-5,7H3. The van der Waals surface area contributed by atoms with E-state index in [0.29, 0.717) is 23.4 Å². The molecule has 0 fully saturated rings. The maximum absolute atomic E-state index is 15.9. The van der Waals surface area contributed by atoms with Crippen molar-refractivity contribution in [3.8, 4) is 0 Å². The summed E-state index contributed by atoms with van der Waals surface area (Å²) in [6.07, 6.45) is 3.71. The first kappa shape index (κ1) is 29.4. The van der Waals surface area contributed by atoms with E-state index < -0.39 is 6.04 Å². The number of carbonyl (C=O) groups excluding carboxylic acids is 1. The van der Waals surface area contributed by atoms with Crippen LogP contribution < -0.4 is 20.9 Å². The van der Waals surface area contributed by atoms with Crippen LogP contribution in [0.2, 0.25) is 0 Å². The Morgan fingerprint density at radius 1 is 1.06 bits per heavy atom. The second-order valence-electron chi connectivity index (χ2n) is 10.2. The summed E-state index contributed by atoms with van der Waals surface area (Å²) in [7, 11) is 1.92. The van der Waals surface area contributed by atoms with Gasteiger partial charge in [0.1, 0.15) is 0 Å². The molecule has 0 heterocycles. The van der Waals surface area contributed by atoms with Gasteiger partial charge in [-0.25, -0.2) is 4.39 Å². The lowest BCUT2D eigenvalue weighted by molar-refractivity contribution is -0.120. The Morgan fingerprint density at radius 3 is 2.36 bits per heavy atom. The lowest BCUT2D eigenvalue weighted by Crippen LogP contribution is -2.43. The van der Waals surface area contributed by atoms with Crippen molar-refractivity contribution in [3.63, 3.8) is 0 Å². The summed E-state index contributed by atoms with van der Waals surface area (Å²) in [6.45, 7) is 15.5. The number of benzene rings is 2. The molecule has 0 aromatic heterocycles. The molecule has 2 rings (SSSR count). The topological polar surface area (TPSA) is 56.4 Å². The third-order valence-corrected chi connectivity index (χ3v) is 6.05. The summed E-state index contributed by atoms with van der Waals surface area (Å²) in [5.41, 5.74) is 3.17. The van der Waals surface area contributed by atoms with Gasteiger partial charge < -0.3 is 20.9 Å². The maximum atomic E-state index is 15.9. The molecule has 0 radical (unpaired) electrons. The molecule has 0 aliphatic heterocycles. The minimum atomic E-state index is -0.530. The second-order valence-corrected chi connectivity index (χ2v) is 10.2. The van der Waals surface area contributed by atoms with Gasteiger partial charge in [-0.05, 0) is 44.4 Å².